The average Bonchev–Trinajstić information content (AvgIpc) is 2.34. The summed E-state index contributed by atoms with van der Waals surface area (Å²) >= 11 is 0. The number of anilines is 2. The highest BCUT2D eigenvalue weighted by Crippen LogP contribution is 2.12. The molecule has 0 radical (unpaired) electrons. The van der Waals surface area contributed by atoms with E-state index < -0.39 is 0 Å². The van der Waals surface area contributed by atoms with Gasteiger partial charge in [-0.05, 0) is 20.3 Å². The molecule has 18 heavy (non-hydrogen) atoms. The molecule has 1 atom stereocenters. The van der Waals surface area contributed by atoms with Gasteiger partial charge in [-0.25, -0.2) is 9.97 Å². The van der Waals surface area contributed by atoms with E-state index in [9.17, 15) is 4.79 Å². The molecule has 6 nitrogen and oxygen atoms in total. The number of rotatable bonds is 6. The minimum absolute atomic E-state index is 0.0747. The second-order valence-corrected chi connectivity index (χ2v) is 4.09. The van der Waals surface area contributed by atoms with Gasteiger partial charge >= 0.3 is 0 Å². The zero-order valence-electron chi connectivity index (χ0n) is 11.4. The van der Waals surface area contributed by atoms with Crippen LogP contribution in [0, 0.1) is 6.92 Å². The van der Waals surface area contributed by atoms with Crippen molar-refractivity contribution in [2.75, 3.05) is 24.2 Å². The Morgan fingerprint density at radius 2 is 2.06 bits per heavy atom. The molecule has 1 rings (SSSR count). The molecule has 3 N–H and O–H groups in total. The van der Waals surface area contributed by atoms with Crippen molar-refractivity contribution < 1.29 is 4.79 Å². The van der Waals surface area contributed by atoms with Gasteiger partial charge in [-0.3, -0.25) is 4.79 Å². The number of nitrogens with zero attached hydrogens (tertiary/aromatic N) is 2. The van der Waals surface area contributed by atoms with Crippen molar-refractivity contribution in [3.8, 4) is 0 Å². The maximum absolute atomic E-state index is 11.4. The van der Waals surface area contributed by atoms with Crippen molar-refractivity contribution in [2.24, 2.45) is 0 Å². The van der Waals surface area contributed by atoms with Crippen molar-refractivity contribution >= 4 is 17.5 Å². The number of amides is 1. The summed E-state index contributed by atoms with van der Waals surface area (Å²) in [5, 5.41) is 8.84. The van der Waals surface area contributed by atoms with Gasteiger partial charge in [-0.15, -0.1) is 0 Å². The summed E-state index contributed by atoms with van der Waals surface area (Å²) in [5.41, 5.74) is 0. The summed E-state index contributed by atoms with van der Waals surface area (Å²) in [6.45, 7) is 6.57. The SMILES string of the molecule is CCCNc1cc(NC(C)C(=O)NC)nc(C)n1. The summed E-state index contributed by atoms with van der Waals surface area (Å²) in [5.74, 6) is 2.02. The molecule has 1 aromatic heterocycles. The largest absolute Gasteiger partial charge is 0.370 e. The molecule has 0 aliphatic rings. The highest BCUT2D eigenvalue weighted by Gasteiger charge is 2.11. The average molecular weight is 251 g/mol. The second-order valence-electron chi connectivity index (χ2n) is 4.09. The summed E-state index contributed by atoms with van der Waals surface area (Å²) < 4.78 is 0. The van der Waals surface area contributed by atoms with Gasteiger partial charge in [0.15, 0.2) is 0 Å². The highest BCUT2D eigenvalue weighted by molar-refractivity contribution is 5.83. The normalized spacial score (nSPS) is 11.8. The van der Waals surface area contributed by atoms with Crippen LogP contribution in [0.15, 0.2) is 6.07 Å². The second kappa shape index (κ2) is 6.78. The molecule has 1 unspecified atom stereocenters. The molecule has 0 saturated heterocycles. The van der Waals surface area contributed by atoms with Crippen LogP contribution in [0.2, 0.25) is 0 Å². The molecule has 6 heteroatoms. The molecule has 0 aliphatic heterocycles. The lowest BCUT2D eigenvalue weighted by Crippen LogP contribution is -2.35. The summed E-state index contributed by atoms with van der Waals surface area (Å²) in [4.78, 5) is 20.0. The van der Waals surface area contributed by atoms with Gasteiger partial charge in [-0.2, -0.15) is 0 Å². The molecule has 1 amide bonds. The van der Waals surface area contributed by atoms with E-state index in [1.54, 1.807) is 14.0 Å². The number of carbonyl (C=O) groups excluding carboxylic acids is 1. The molecular weight excluding hydrogens is 230 g/mol. The van der Waals surface area contributed by atoms with Gasteiger partial charge in [0.1, 0.15) is 23.5 Å². The number of hydrogen-bond acceptors (Lipinski definition) is 5. The Morgan fingerprint density at radius 1 is 1.39 bits per heavy atom. The third-order valence-corrected chi connectivity index (χ3v) is 2.40. The zero-order chi connectivity index (χ0) is 13.5. The van der Waals surface area contributed by atoms with Crippen LogP contribution >= 0.6 is 0 Å². The first-order valence-electron chi connectivity index (χ1n) is 6.14. The fourth-order valence-corrected chi connectivity index (χ4v) is 1.49. The lowest BCUT2D eigenvalue weighted by molar-refractivity contribution is -0.121. The fourth-order valence-electron chi connectivity index (χ4n) is 1.49. The molecule has 0 bridgehead atoms. The number of aromatic nitrogens is 2. The van der Waals surface area contributed by atoms with E-state index in [1.807, 2.05) is 13.0 Å². The van der Waals surface area contributed by atoms with Crippen LogP contribution in [0.25, 0.3) is 0 Å². The van der Waals surface area contributed by atoms with Crippen LogP contribution < -0.4 is 16.0 Å². The predicted molar refractivity (Wildman–Crippen MR) is 72.7 cm³/mol. The molecule has 0 saturated carbocycles. The van der Waals surface area contributed by atoms with E-state index >= 15 is 0 Å². The highest BCUT2D eigenvalue weighted by atomic mass is 16.2. The van der Waals surface area contributed by atoms with Crippen LogP contribution in [0.3, 0.4) is 0 Å². The Kier molecular flexibility index (Phi) is 5.35. The number of likely N-dealkylation sites (N-methyl/N-ethyl adjacent to an activating group) is 1. The molecule has 1 heterocycles. The Hall–Kier alpha value is -1.85. The summed E-state index contributed by atoms with van der Waals surface area (Å²) in [6, 6.07) is 1.48. The van der Waals surface area contributed by atoms with E-state index in [0.29, 0.717) is 11.6 Å². The smallest absolute Gasteiger partial charge is 0.241 e. The van der Waals surface area contributed by atoms with Gasteiger partial charge in [-0.1, -0.05) is 6.92 Å². The minimum Gasteiger partial charge on any atom is -0.370 e. The monoisotopic (exact) mass is 251 g/mol. The lowest BCUT2D eigenvalue weighted by Gasteiger charge is -2.14. The third kappa shape index (κ3) is 4.20. The Morgan fingerprint density at radius 3 is 2.67 bits per heavy atom. The Bertz CT molecular complexity index is 407. The Labute approximate surface area is 108 Å². The van der Waals surface area contributed by atoms with Crippen molar-refractivity contribution in [3.63, 3.8) is 0 Å². The van der Waals surface area contributed by atoms with E-state index in [4.69, 9.17) is 0 Å². The number of carbonyl (C=O) groups is 1. The van der Waals surface area contributed by atoms with Gasteiger partial charge in [0, 0.05) is 19.7 Å². The maximum Gasteiger partial charge on any atom is 0.241 e. The van der Waals surface area contributed by atoms with Crippen molar-refractivity contribution in [2.45, 2.75) is 33.2 Å². The van der Waals surface area contributed by atoms with Gasteiger partial charge in [0.05, 0.1) is 0 Å². The molecule has 100 valence electrons. The van der Waals surface area contributed by atoms with Crippen molar-refractivity contribution in [1.29, 1.82) is 0 Å². The quantitative estimate of drug-likeness (QED) is 0.707. The first-order chi connectivity index (χ1) is 8.56. The predicted octanol–water partition coefficient (Wildman–Crippen LogP) is 1.15. The lowest BCUT2D eigenvalue weighted by atomic mass is 10.3. The van der Waals surface area contributed by atoms with Crippen LogP contribution in [0.1, 0.15) is 26.1 Å². The van der Waals surface area contributed by atoms with Crippen LogP contribution in [-0.2, 0) is 4.79 Å². The van der Waals surface area contributed by atoms with Crippen molar-refractivity contribution in [3.05, 3.63) is 11.9 Å². The minimum atomic E-state index is -0.330. The first-order valence-corrected chi connectivity index (χ1v) is 6.14. The number of hydrogen-bond donors (Lipinski definition) is 3. The maximum atomic E-state index is 11.4. The standard InChI is InChI=1S/C12H21N5O/c1-5-6-14-10-7-11(17-9(3)16-10)15-8(2)12(18)13-4/h7-8H,5-6H2,1-4H3,(H,13,18)(H2,14,15,16,17). The molecule has 0 spiro atoms. The molecule has 0 fully saturated rings. The van der Waals surface area contributed by atoms with E-state index in [0.717, 1.165) is 18.8 Å². The molecule has 0 aromatic carbocycles. The number of nitrogens with one attached hydrogen (secondary N) is 3. The molecule has 1 aromatic rings. The Balaban J connectivity index is 2.76. The van der Waals surface area contributed by atoms with E-state index in [-0.39, 0.29) is 11.9 Å². The van der Waals surface area contributed by atoms with Crippen molar-refractivity contribution in [1.82, 2.24) is 15.3 Å². The van der Waals surface area contributed by atoms with Gasteiger partial charge < -0.3 is 16.0 Å². The van der Waals surface area contributed by atoms with Crippen LogP contribution in [0.4, 0.5) is 11.6 Å². The fraction of sp³-hybridized carbons (Fsp3) is 0.583. The van der Waals surface area contributed by atoms with Crippen LogP contribution in [0.5, 0.6) is 0 Å². The first kappa shape index (κ1) is 14.2. The van der Waals surface area contributed by atoms with Gasteiger partial charge in [0.2, 0.25) is 5.91 Å². The third-order valence-electron chi connectivity index (χ3n) is 2.40. The van der Waals surface area contributed by atoms with E-state index in [2.05, 4.69) is 32.8 Å². The van der Waals surface area contributed by atoms with Crippen LogP contribution in [-0.4, -0.2) is 35.5 Å². The van der Waals surface area contributed by atoms with E-state index in [1.165, 1.54) is 0 Å². The number of aryl methyl sites for hydroxylation is 1. The van der Waals surface area contributed by atoms with Gasteiger partial charge in [0.25, 0.3) is 0 Å². The summed E-state index contributed by atoms with van der Waals surface area (Å²) in [7, 11) is 1.61. The topological polar surface area (TPSA) is 78.9 Å². The zero-order valence-corrected chi connectivity index (χ0v) is 11.4. The molecule has 0 aliphatic carbocycles. The summed E-state index contributed by atoms with van der Waals surface area (Å²) in [6.07, 6.45) is 1.03. The molecular formula is C12H21N5O.